The Morgan fingerprint density at radius 1 is 1.20 bits per heavy atom. The van der Waals surface area contributed by atoms with Gasteiger partial charge in [-0.1, -0.05) is 12.1 Å². The lowest BCUT2D eigenvalue weighted by molar-refractivity contribution is 0.627. The number of thiophene rings is 1. The average molecular weight is 285 g/mol. The number of hydrogen-bond acceptors (Lipinski definition) is 2. The van der Waals surface area contributed by atoms with Crippen molar-refractivity contribution in [2.45, 2.75) is 26.2 Å². The lowest BCUT2D eigenvalue weighted by atomic mass is 9.86. The molecule has 0 saturated carbocycles. The van der Waals surface area contributed by atoms with Gasteiger partial charge in [0.15, 0.2) is 0 Å². The first-order valence-corrected chi connectivity index (χ1v) is 7.57. The molecule has 1 atom stereocenters. The zero-order chi connectivity index (χ0) is 14.1. The molecule has 1 unspecified atom stereocenters. The third kappa shape index (κ3) is 2.34. The van der Waals surface area contributed by atoms with Gasteiger partial charge in [-0.3, -0.25) is 4.99 Å². The molecular formula is C17H16FNS. The highest BCUT2D eigenvalue weighted by molar-refractivity contribution is 7.10. The van der Waals surface area contributed by atoms with Crippen LogP contribution >= 0.6 is 11.3 Å². The molecule has 0 N–H and O–H groups in total. The largest absolute Gasteiger partial charge is 0.269 e. The Bertz CT molecular complexity index is 680. The molecule has 0 saturated heterocycles. The smallest absolute Gasteiger partial charge is 0.123 e. The van der Waals surface area contributed by atoms with Gasteiger partial charge in [0.1, 0.15) is 5.82 Å². The van der Waals surface area contributed by atoms with E-state index in [9.17, 15) is 4.39 Å². The monoisotopic (exact) mass is 285 g/mol. The Morgan fingerprint density at radius 3 is 2.60 bits per heavy atom. The lowest BCUT2D eigenvalue weighted by Gasteiger charge is -2.21. The van der Waals surface area contributed by atoms with Crippen molar-refractivity contribution in [3.63, 3.8) is 0 Å². The lowest BCUT2D eigenvalue weighted by Crippen LogP contribution is -2.06. The molecular weight excluding hydrogens is 269 g/mol. The van der Waals surface area contributed by atoms with Gasteiger partial charge < -0.3 is 0 Å². The molecule has 0 aliphatic carbocycles. The van der Waals surface area contributed by atoms with E-state index >= 15 is 0 Å². The number of rotatable bonds is 2. The molecule has 102 valence electrons. The van der Waals surface area contributed by atoms with Crippen molar-refractivity contribution in [3.8, 4) is 0 Å². The van der Waals surface area contributed by atoms with Crippen LogP contribution in [0.15, 0.2) is 40.8 Å². The van der Waals surface area contributed by atoms with Crippen LogP contribution in [-0.2, 0) is 0 Å². The SMILES string of the molecule is Cc1csc(C2CC=NC=C2c2ccc(F)cc2)c1C. The molecule has 0 spiro atoms. The molecule has 3 heteroatoms. The van der Waals surface area contributed by atoms with Crippen molar-refractivity contribution in [1.82, 2.24) is 0 Å². The number of aliphatic imine (C=N–C) groups is 1. The fourth-order valence-corrected chi connectivity index (χ4v) is 3.75. The summed E-state index contributed by atoms with van der Waals surface area (Å²) < 4.78 is 13.1. The number of halogens is 1. The second-order valence-corrected chi connectivity index (χ2v) is 6.03. The number of benzene rings is 1. The fraction of sp³-hybridized carbons (Fsp3) is 0.235. The van der Waals surface area contributed by atoms with E-state index in [1.165, 1.54) is 33.7 Å². The van der Waals surface area contributed by atoms with Gasteiger partial charge in [0.05, 0.1) is 0 Å². The van der Waals surface area contributed by atoms with E-state index < -0.39 is 0 Å². The van der Waals surface area contributed by atoms with Gasteiger partial charge in [-0.05, 0) is 60.0 Å². The molecule has 0 amide bonds. The minimum absolute atomic E-state index is 0.201. The maximum atomic E-state index is 13.1. The van der Waals surface area contributed by atoms with E-state index in [0.29, 0.717) is 5.92 Å². The van der Waals surface area contributed by atoms with Gasteiger partial charge in [-0.15, -0.1) is 11.3 Å². The topological polar surface area (TPSA) is 12.4 Å². The van der Waals surface area contributed by atoms with E-state index in [1.54, 1.807) is 0 Å². The molecule has 1 nitrogen and oxygen atoms in total. The minimum atomic E-state index is -0.201. The normalized spacial score (nSPS) is 18.1. The average Bonchev–Trinajstić information content (AvgIpc) is 2.80. The second-order valence-electron chi connectivity index (χ2n) is 5.12. The Labute approximate surface area is 122 Å². The highest BCUT2D eigenvalue weighted by atomic mass is 32.1. The molecule has 1 aromatic carbocycles. The van der Waals surface area contributed by atoms with Crippen LogP contribution in [0.2, 0.25) is 0 Å². The zero-order valence-electron chi connectivity index (χ0n) is 11.6. The first kappa shape index (κ1) is 13.3. The summed E-state index contributed by atoms with van der Waals surface area (Å²) in [6.45, 7) is 4.32. The standard InChI is InChI=1S/C17H16FNS/c1-11-10-20-17(12(11)2)15-7-8-19-9-16(15)13-3-5-14(18)6-4-13/h3-6,8-10,15H,7H2,1-2H3. The molecule has 2 aromatic rings. The van der Waals surface area contributed by atoms with Gasteiger partial charge in [-0.2, -0.15) is 0 Å². The van der Waals surface area contributed by atoms with Gasteiger partial charge in [-0.25, -0.2) is 4.39 Å². The van der Waals surface area contributed by atoms with Crippen LogP contribution in [-0.4, -0.2) is 6.21 Å². The van der Waals surface area contributed by atoms with E-state index in [4.69, 9.17) is 0 Å². The van der Waals surface area contributed by atoms with Crippen LogP contribution in [0.4, 0.5) is 4.39 Å². The van der Waals surface area contributed by atoms with E-state index in [1.807, 2.05) is 35.9 Å². The highest BCUT2D eigenvalue weighted by Gasteiger charge is 2.23. The van der Waals surface area contributed by atoms with Crippen molar-refractivity contribution in [2.75, 3.05) is 0 Å². The summed E-state index contributed by atoms with van der Waals surface area (Å²) >= 11 is 1.81. The molecule has 2 heterocycles. The first-order chi connectivity index (χ1) is 9.66. The van der Waals surface area contributed by atoms with Crippen molar-refractivity contribution in [1.29, 1.82) is 0 Å². The zero-order valence-corrected chi connectivity index (χ0v) is 12.4. The number of aryl methyl sites for hydroxylation is 1. The maximum Gasteiger partial charge on any atom is 0.123 e. The van der Waals surface area contributed by atoms with Crippen LogP contribution in [0.3, 0.4) is 0 Å². The van der Waals surface area contributed by atoms with Gasteiger partial charge in [0.2, 0.25) is 0 Å². The van der Waals surface area contributed by atoms with E-state index in [2.05, 4.69) is 24.2 Å². The number of hydrogen-bond donors (Lipinski definition) is 0. The Hall–Kier alpha value is -1.74. The molecule has 20 heavy (non-hydrogen) atoms. The van der Waals surface area contributed by atoms with Crippen LogP contribution in [0.5, 0.6) is 0 Å². The molecule has 1 aliphatic rings. The van der Waals surface area contributed by atoms with Crippen molar-refractivity contribution in [2.24, 2.45) is 4.99 Å². The number of nitrogens with zero attached hydrogens (tertiary/aromatic N) is 1. The second kappa shape index (κ2) is 5.33. The molecule has 0 radical (unpaired) electrons. The third-order valence-corrected chi connectivity index (χ3v) is 5.17. The van der Waals surface area contributed by atoms with Crippen LogP contribution < -0.4 is 0 Å². The Balaban J connectivity index is 2.03. The fourth-order valence-electron chi connectivity index (χ4n) is 2.55. The van der Waals surface area contributed by atoms with Crippen LogP contribution in [0.1, 0.15) is 33.9 Å². The summed E-state index contributed by atoms with van der Waals surface area (Å²) in [5.41, 5.74) is 4.94. The minimum Gasteiger partial charge on any atom is -0.269 e. The van der Waals surface area contributed by atoms with Gasteiger partial charge >= 0.3 is 0 Å². The highest BCUT2D eigenvalue weighted by Crippen LogP contribution is 2.41. The van der Waals surface area contributed by atoms with Crippen LogP contribution in [0, 0.1) is 19.7 Å². The van der Waals surface area contributed by atoms with Gasteiger partial charge in [0.25, 0.3) is 0 Å². The maximum absolute atomic E-state index is 13.1. The predicted octanol–water partition coefficient (Wildman–Crippen LogP) is 5.10. The Kier molecular flexibility index (Phi) is 3.53. The molecule has 1 aliphatic heterocycles. The third-order valence-electron chi connectivity index (χ3n) is 3.85. The summed E-state index contributed by atoms with van der Waals surface area (Å²) in [6, 6.07) is 6.70. The number of allylic oxidation sites excluding steroid dienone is 1. The van der Waals surface area contributed by atoms with Crippen molar-refractivity contribution < 1.29 is 4.39 Å². The summed E-state index contributed by atoms with van der Waals surface area (Å²) in [6.07, 6.45) is 4.78. The molecule has 3 rings (SSSR count). The van der Waals surface area contributed by atoms with Gasteiger partial charge in [0, 0.05) is 23.2 Å². The molecule has 0 bridgehead atoms. The van der Waals surface area contributed by atoms with Crippen molar-refractivity contribution >= 4 is 23.1 Å². The van der Waals surface area contributed by atoms with Crippen LogP contribution in [0.25, 0.3) is 5.57 Å². The summed E-state index contributed by atoms with van der Waals surface area (Å²) in [5.74, 6) is 0.130. The summed E-state index contributed by atoms with van der Waals surface area (Å²) in [4.78, 5) is 5.69. The predicted molar refractivity (Wildman–Crippen MR) is 84.0 cm³/mol. The van der Waals surface area contributed by atoms with E-state index in [-0.39, 0.29) is 5.82 Å². The Morgan fingerprint density at radius 2 is 1.95 bits per heavy atom. The summed E-state index contributed by atoms with van der Waals surface area (Å²) in [7, 11) is 0. The molecule has 0 fully saturated rings. The summed E-state index contributed by atoms with van der Waals surface area (Å²) in [5, 5.41) is 2.21. The van der Waals surface area contributed by atoms with E-state index in [0.717, 1.165) is 12.0 Å². The van der Waals surface area contributed by atoms with Crippen molar-refractivity contribution in [3.05, 3.63) is 63.2 Å². The first-order valence-electron chi connectivity index (χ1n) is 6.69. The molecule has 1 aromatic heterocycles. The quantitative estimate of drug-likeness (QED) is 0.727.